The Morgan fingerprint density at radius 1 is 1.18 bits per heavy atom. The Morgan fingerprint density at radius 2 is 1.93 bits per heavy atom. The minimum atomic E-state index is 0.149. The maximum absolute atomic E-state index is 12.5. The molecule has 0 aliphatic carbocycles. The number of fused-ring (bicyclic) bond motifs is 1. The number of methoxy groups -OCH3 is 1. The highest BCUT2D eigenvalue weighted by atomic mass is 32.2. The number of piperazine rings is 1. The van der Waals surface area contributed by atoms with Crippen LogP contribution in [0, 0.1) is 0 Å². The standard InChI is InChI=1S/C21H23N3O3S/c1-26-17-8-6-16(7-9-17)14-23-10-12-24(13-11-23)20(25)15-28-21-22-18-4-2-3-5-19(18)27-21/h2-9H,10-15H2,1H3/p+1. The van der Waals surface area contributed by atoms with Gasteiger partial charge in [-0.1, -0.05) is 23.9 Å². The number of nitrogens with one attached hydrogen (secondary N) is 1. The Hall–Kier alpha value is -2.51. The van der Waals surface area contributed by atoms with Gasteiger partial charge in [-0.2, -0.15) is 0 Å². The number of nitrogens with zero attached hydrogens (tertiary/aromatic N) is 2. The zero-order valence-corrected chi connectivity index (χ0v) is 16.7. The molecule has 0 spiro atoms. The number of aromatic nitrogens is 1. The molecule has 6 nitrogen and oxygen atoms in total. The van der Waals surface area contributed by atoms with Gasteiger partial charge in [-0.05, 0) is 36.4 Å². The summed E-state index contributed by atoms with van der Waals surface area (Å²) in [6.45, 7) is 4.48. The molecule has 0 radical (unpaired) electrons. The molecule has 1 aliphatic rings. The van der Waals surface area contributed by atoms with Gasteiger partial charge in [0.15, 0.2) is 5.58 Å². The zero-order valence-electron chi connectivity index (χ0n) is 15.9. The van der Waals surface area contributed by atoms with Gasteiger partial charge in [-0.15, -0.1) is 0 Å². The van der Waals surface area contributed by atoms with Crippen molar-refractivity contribution in [2.75, 3.05) is 39.0 Å². The molecule has 1 saturated heterocycles. The number of ether oxygens (including phenoxy) is 1. The van der Waals surface area contributed by atoms with Gasteiger partial charge in [-0.25, -0.2) is 4.98 Å². The Labute approximate surface area is 168 Å². The SMILES string of the molecule is COc1ccc(C[NH+]2CCN(C(=O)CSc3nc4ccccc4o3)CC2)cc1. The Balaban J connectivity index is 1.24. The molecule has 1 N–H and O–H groups in total. The molecule has 4 rings (SSSR count). The summed E-state index contributed by atoms with van der Waals surface area (Å²) in [4.78, 5) is 20.4. The number of benzene rings is 2. The first-order chi connectivity index (χ1) is 13.7. The van der Waals surface area contributed by atoms with E-state index in [9.17, 15) is 4.79 Å². The third-order valence-electron chi connectivity index (χ3n) is 5.03. The van der Waals surface area contributed by atoms with Crippen LogP contribution in [0.1, 0.15) is 5.56 Å². The molecular weight excluding hydrogens is 374 g/mol. The summed E-state index contributed by atoms with van der Waals surface area (Å²) < 4.78 is 10.9. The lowest BCUT2D eigenvalue weighted by Gasteiger charge is -2.32. The van der Waals surface area contributed by atoms with E-state index in [1.165, 1.54) is 22.2 Å². The van der Waals surface area contributed by atoms with Crippen molar-refractivity contribution in [3.05, 3.63) is 54.1 Å². The maximum Gasteiger partial charge on any atom is 0.257 e. The minimum Gasteiger partial charge on any atom is -0.497 e. The van der Waals surface area contributed by atoms with Crippen molar-refractivity contribution in [1.82, 2.24) is 9.88 Å². The lowest BCUT2D eigenvalue weighted by molar-refractivity contribution is -0.917. The van der Waals surface area contributed by atoms with E-state index < -0.39 is 0 Å². The zero-order chi connectivity index (χ0) is 19.3. The fourth-order valence-corrected chi connectivity index (χ4v) is 4.15. The number of hydrogen-bond acceptors (Lipinski definition) is 5. The number of amides is 1. The third-order valence-corrected chi connectivity index (χ3v) is 5.84. The second-order valence-corrected chi connectivity index (χ2v) is 7.82. The van der Waals surface area contributed by atoms with Crippen LogP contribution >= 0.6 is 11.8 Å². The molecule has 7 heteroatoms. The first-order valence-corrected chi connectivity index (χ1v) is 10.4. The number of thioether (sulfide) groups is 1. The van der Waals surface area contributed by atoms with Gasteiger partial charge < -0.3 is 19.0 Å². The van der Waals surface area contributed by atoms with E-state index in [0.717, 1.165) is 49.6 Å². The number of carbonyl (C=O) groups excluding carboxylic acids is 1. The number of oxazole rings is 1. The highest BCUT2D eigenvalue weighted by molar-refractivity contribution is 7.99. The number of rotatable bonds is 6. The van der Waals surface area contributed by atoms with E-state index in [0.29, 0.717) is 11.0 Å². The van der Waals surface area contributed by atoms with Crippen molar-refractivity contribution >= 4 is 28.8 Å². The molecule has 0 bridgehead atoms. The van der Waals surface area contributed by atoms with Crippen LogP contribution in [0.4, 0.5) is 0 Å². The van der Waals surface area contributed by atoms with Crippen molar-refractivity contribution in [2.24, 2.45) is 0 Å². The van der Waals surface area contributed by atoms with Gasteiger partial charge in [0.2, 0.25) is 5.91 Å². The summed E-state index contributed by atoms with van der Waals surface area (Å²) >= 11 is 1.37. The van der Waals surface area contributed by atoms with E-state index in [2.05, 4.69) is 17.1 Å². The van der Waals surface area contributed by atoms with Crippen LogP contribution < -0.4 is 9.64 Å². The highest BCUT2D eigenvalue weighted by Crippen LogP contribution is 2.23. The molecule has 0 unspecified atom stereocenters. The van der Waals surface area contributed by atoms with Gasteiger partial charge >= 0.3 is 0 Å². The average Bonchev–Trinajstić information content (AvgIpc) is 3.16. The van der Waals surface area contributed by atoms with Crippen LogP contribution in [-0.2, 0) is 11.3 Å². The molecule has 0 atom stereocenters. The van der Waals surface area contributed by atoms with Crippen molar-refractivity contribution in [3.63, 3.8) is 0 Å². The van der Waals surface area contributed by atoms with Crippen molar-refractivity contribution < 1.29 is 18.8 Å². The second-order valence-electron chi connectivity index (χ2n) is 6.89. The molecule has 1 fully saturated rings. The third kappa shape index (κ3) is 4.48. The monoisotopic (exact) mass is 398 g/mol. The van der Waals surface area contributed by atoms with Gasteiger partial charge in [0.25, 0.3) is 5.22 Å². The maximum atomic E-state index is 12.5. The number of hydrogen-bond donors (Lipinski definition) is 1. The Morgan fingerprint density at radius 3 is 2.64 bits per heavy atom. The van der Waals surface area contributed by atoms with Gasteiger partial charge in [0, 0.05) is 5.56 Å². The van der Waals surface area contributed by atoms with E-state index in [4.69, 9.17) is 9.15 Å². The van der Waals surface area contributed by atoms with Crippen LogP contribution in [0.2, 0.25) is 0 Å². The molecule has 3 aromatic rings. The average molecular weight is 399 g/mol. The predicted molar refractivity (Wildman–Crippen MR) is 109 cm³/mol. The topological polar surface area (TPSA) is 60.0 Å². The Bertz CT molecular complexity index is 900. The molecule has 2 aromatic carbocycles. The normalized spacial score (nSPS) is 15.1. The molecule has 1 aliphatic heterocycles. The molecule has 146 valence electrons. The highest BCUT2D eigenvalue weighted by Gasteiger charge is 2.24. The first-order valence-electron chi connectivity index (χ1n) is 9.44. The summed E-state index contributed by atoms with van der Waals surface area (Å²) in [7, 11) is 1.68. The smallest absolute Gasteiger partial charge is 0.257 e. The van der Waals surface area contributed by atoms with E-state index in [-0.39, 0.29) is 5.91 Å². The van der Waals surface area contributed by atoms with Gasteiger partial charge in [-0.3, -0.25) is 4.79 Å². The van der Waals surface area contributed by atoms with Crippen LogP contribution in [0.25, 0.3) is 11.1 Å². The second kappa shape index (κ2) is 8.67. The number of quaternary nitrogens is 1. The lowest BCUT2D eigenvalue weighted by atomic mass is 10.2. The van der Waals surface area contributed by atoms with Crippen LogP contribution in [0.5, 0.6) is 5.75 Å². The number of carbonyl (C=O) groups is 1. The van der Waals surface area contributed by atoms with Gasteiger partial charge in [0.05, 0.1) is 39.0 Å². The molecule has 2 heterocycles. The van der Waals surface area contributed by atoms with Crippen LogP contribution in [0.15, 0.2) is 58.2 Å². The van der Waals surface area contributed by atoms with Crippen molar-refractivity contribution in [2.45, 2.75) is 11.8 Å². The molecular formula is C21H24N3O3S+. The summed E-state index contributed by atoms with van der Waals surface area (Å²) in [5.41, 5.74) is 2.88. The van der Waals surface area contributed by atoms with Crippen molar-refractivity contribution in [3.8, 4) is 5.75 Å². The summed E-state index contributed by atoms with van der Waals surface area (Å²) in [6.07, 6.45) is 0. The van der Waals surface area contributed by atoms with E-state index in [1.807, 2.05) is 41.3 Å². The fourth-order valence-electron chi connectivity index (χ4n) is 3.41. The first kappa shape index (κ1) is 18.8. The minimum absolute atomic E-state index is 0.149. The van der Waals surface area contributed by atoms with Crippen molar-refractivity contribution in [1.29, 1.82) is 0 Å². The summed E-state index contributed by atoms with van der Waals surface area (Å²) in [5, 5.41) is 0.554. The fraction of sp³-hybridized carbons (Fsp3) is 0.333. The molecule has 0 saturated carbocycles. The van der Waals surface area contributed by atoms with E-state index in [1.54, 1.807) is 7.11 Å². The molecule has 1 amide bonds. The lowest BCUT2D eigenvalue weighted by Crippen LogP contribution is -3.13. The van der Waals surface area contributed by atoms with Gasteiger partial charge in [0.1, 0.15) is 17.8 Å². The van der Waals surface area contributed by atoms with Crippen LogP contribution in [-0.4, -0.2) is 54.8 Å². The summed E-state index contributed by atoms with van der Waals surface area (Å²) in [6, 6.07) is 15.9. The predicted octanol–water partition coefficient (Wildman–Crippen LogP) is 1.86. The van der Waals surface area contributed by atoms with Crippen LogP contribution in [0.3, 0.4) is 0 Å². The molecule has 1 aromatic heterocycles. The Kier molecular flexibility index (Phi) is 5.83. The number of para-hydroxylation sites is 2. The van der Waals surface area contributed by atoms with E-state index >= 15 is 0 Å². The summed E-state index contributed by atoms with van der Waals surface area (Å²) in [5.74, 6) is 1.39. The molecule has 28 heavy (non-hydrogen) atoms. The largest absolute Gasteiger partial charge is 0.497 e. The quantitative estimate of drug-likeness (QED) is 0.643.